The van der Waals surface area contributed by atoms with Crippen LogP contribution in [0.4, 0.5) is 0 Å². The first kappa shape index (κ1) is 8.21. The number of hydrogen-bond donors (Lipinski definition) is 1. The molecule has 0 aliphatic rings. The number of nitrogens with two attached hydrogens (primary N) is 1. The van der Waals surface area contributed by atoms with E-state index in [1.165, 1.54) is 0 Å². The van der Waals surface area contributed by atoms with Crippen LogP contribution in [0.1, 0.15) is 19.8 Å². The van der Waals surface area contributed by atoms with Crippen LogP contribution in [0.25, 0.3) is 0 Å². The quantitative estimate of drug-likeness (QED) is 0.564. The normalized spacial score (nSPS) is 12.6. The van der Waals surface area contributed by atoms with Gasteiger partial charge in [-0.2, -0.15) is 0 Å². The summed E-state index contributed by atoms with van der Waals surface area (Å²) in [5, 5.41) is 0. The van der Waals surface area contributed by atoms with Crippen molar-refractivity contribution in [3.05, 3.63) is 12.7 Å². The topological polar surface area (TPSA) is 43.1 Å². The van der Waals surface area contributed by atoms with Crippen LogP contribution in [0.5, 0.6) is 0 Å². The Morgan fingerprint density at radius 1 is 1.89 bits per heavy atom. The third-order valence-corrected chi connectivity index (χ3v) is 1.32. The zero-order chi connectivity index (χ0) is 7.28. The molecule has 0 aromatic heterocycles. The Balaban J connectivity index is 3.55. The third-order valence-electron chi connectivity index (χ3n) is 1.32. The van der Waals surface area contributed by atoms with Crippen LogP contribution in [-0.2, 0) is 4.79 Å². The van der Waals surface area contributed by atoms with Gasteiger partial charge in [-0.25, -0.2) is 0 Å². The molecule has 0 saturated carbocycles. The summed E-state index contributed by atoms with van der Waals surface area (Å²) in [6, 6.07) is 0. The van der Waals surface area contributed by atoms with Crippen LogP contribution >= 0.6 is 0 Å². The highest BCUT2D eigenvalue weighted by atomic mass is 16.1. The van der Waals surface area contributed by atoms with E-state index in [2.05, 4.69) is 6.58 Å². The first-order chi connectivity index (χ1) is 4.20. The van der Waals surface area contributed by atoms with Crippen LogP contribution in [0, 0.1) is 5.92 Å². The number of allylic oxidation sites excluding steroid dienone is 1. The molecule has 9 heavy (non-hydrogen) atoms. The predicted molar refractivity (Wildman–Crippen MR) is 37.8 cm³/mol. The molecule has 1 unspecified atom stereocenters. The van der Waals surface area contributed by atoms with Gasteiger partial charge in [0, 0.05) is 6.42 Å². The first-order valence-electron chi connectivity index (χ1n) is 3.11. The van der Waals surface area contributed by atoms with E-state index in [1.54, 1.807) is 6.08 Å². The molecular formula is C7H13NO. The largest absolute Gasteiger partial charge is 0.370 e. The summed E-state index contributed by atoms with van der Waals surface area (Å²) >= 11 is 0. The van der Waals surface area contributed by atoms with Crippen LogP contribution < -0.4 is 5.73 Å². The standard InChI is InChI=1S/C7H13NO/c1-3-6(4-2)5-7(8)9/h3,6H,1,4-5H2,2H3,(H2,8,9). The fraction of sp³-hybridized carbons (Fsp3) is 0.571. The average molecular weight is 127 g/mol. The number of primary amides is 1. The maximum atomic E-state index is 10.3. The molecule has 0 heterocycles. The lowest BCUT2D eigenvalue weighted by Gasteiger charge is -2.03. The van der Waals surface area contributed by atoms with Gasteiger partial charge in [-0.05, 0) is 12.3 Å². The molecule has 52 valence electrons. The maximum absolute atomic E-state index is 10.3. The molecule has 0 aliphatic heterocycles. The minimum Gasteiger partial charge on any atom is -0.370 e. The number of amides is 1. The molecule has 1 amide bonds. The second kappa shape index (κ2) is 4.13. The van der Waals surface area contributed by atoms with Gasteiger partial charge in [-0.15, -0.1) is 6.58 Å². The summed E-state index contributed by atoms with van der Waals surface area (Å²) in [5.41, 5.74) is 4.96. The van der Waals surface area contributed by atoms with E-state index >= 15 is 0 Å². The molecule has 0 bridgehead atoms. The van der Waals surface area contributed by atoms with Gasteiger partial charge in [0.1, 0.15) is 0 Å². The van der Waals surface area contributed by atoms with Crippen molar-refractivity contribution in [3.8, 4) is 0 Å². The number of rotatable bonds is 4. The minimum atomic E-state index is -0.248. The van der Waals surface area contributed by atoms with E-state index in [4.69, 9.17) is 5.73 Å². The Morgan fingerprint density at radius 2 is 2.44 bits per heavy atom. The summed E-state index contributed by atoms with van der Waals surface area (Å²) in [6.45, 7) is 5.59. The van der Waals surface area contributed by atoms with E-state index in [0.717, 1.165) is 6.42 Å². The molecule has 0 aliphatic carbocycles. The van der Waals surface area contributed by atoms with Crippen LogP contribution in [-0.4, -0.2) is 5.91 Å². The van der Waals surface area contributed by atoms with Crippen LogP contribution in [0.2, 0.25) is 0 Å². The third kappa shape index (κ3) is 3.76. The van der Waals surface area contributed by atoms with Crippen molar-refractivity contribution in [2.45, 2.75) is 19.8 Å². The first-order valence-corrected chi connectivity index (χ1v) is 3.11. The molecule has 2 nitrogen and oxygen atoms in total. The van der Waals surface area contributed by atoms with Crippen molar-refractivity contribution in [3.63, 3.8) is 0 Å². The van der Waals surface area contributed by atoms with E-state index in [9.17, 15) is 4.79 Å². The Bertz CT molecular complexity index is 109. The Kier molecular flexibility index (Phi) is 3.76. The molecule has 1 atom stereocenters. The second-order valence-electron chi connectivity index (χ2n) is 2.07. The average Bonchev–Trinajstić information content (AvgIpc) is 1.82. The summed E-state index contributed by atoms with van der Waals surface area (Å²) < 4.78 is 0. The molecule has 0 aromatic carbocycles. The van der Waals surface area contributed by atoms with E-state index in [1.807, 2.05) is 6.92 Å². The molecule has 0 saturated heterocycles. The van der Waals surface area contributed by atoms with Crippen molar-refractivity contribution < 1.29 is 4.79 Å². The van der Waals surface area contributed by atoms with Crippen LogP contribution in [0.15, 0.2) is 12.7 Å². The van der Waals surface area contributed by atoms with Gasteiger partial charge in [0.05, 0.1) is 0 Å². The maximum Gasteiger partial charge on any atom is 0.218 e. The smallest absolute Gasteiger partial charge is 0.218 e. The van der Waals surface area contributed by atoms with Gasteiger partial charge in [0.2, 0.25) is 5.91 Å². The van der Waals surface area contributed by atoms with Gasteiger partial charge in [0.15, 0.2) is 0 Å². The highest BCUT2D eigenvalue weighted by Gasteiger charge is 2.03. The summed E-state index contributed by atoms with van der Waals surface area (Å²) in [7, 11) is 0. The molecule has 0 spiro atoms. The van der Waals surface area contributed by atoms with Crippen molar-refractivity contribution >= 4 is 5.91 Å². The van der Waals surface area contributed by atoms with Gasteiger partial charge < -0.3 is 5.73 Å². The molecular weight excluding hydrogens is 114 g/mol. The van der Waals surface area contributed by atoms with Gasteiger partial charge in [-0.3, -0.25) is 4.79 Å². The Hall–Kier alpha value is -0.790. The molecule has 2 heteroatoms. The van der Waals surface area contributed by atoms with E-state index < -0.39 is 0 Å². The van der Waals surface area contributed by atoms with E-state index in [-0.39, 0.29) is 11.8 Å². The summed E-state index contributed by atoms with van der Waals surface area (Å²) in [6.07, 6.45) is 3.14. The molecule has 2 N–H and O–H groups in total. The number of hydrogen-bond acceptors (Lipinski definition) is 1. The lowest BCUT2D eigenvalue weighted by molar-refractivity contribution is -0.118. The summed E-state index contributed by atoms with van der Waals surface area (Å²) in [5.74, 6) is 0.0178. The monoisotopic (exact) mass is 127 g/mol. The van der Waals surface area contributed by atoms with Crippen molar-refractivity contribution in [2.24, 2.45) is 11.7 Å². The number of carbonyl (C=O) groups is 1. The van der Waals surface area contributed by atoms with Gasteiger partial charge >= 0.3 is 0 Å². The predicted octanol–water partition coefficient (Wildman–Crippen LogP) is 1.07. The fourth-order valence-corrected chi connectivity index (χ4v) is 0.653. The molecule has 0 aromatic rings. The molecule has 0 fully saturated rings. The second-order valence-corrected chi connectivity index (χ2v) is 2.07. The zero-order valence-corrected chi connectivity index (χ0v) is 5.76. The Labute approximate surface area is 55.7 Å². The minimum absolute atomic E-state index is 0.248. The lowest BCUT2D eigenvalue weighted by atomic mass is 10.0. The van der Waals surface area contributed by atoms with Crippen LogP contribution in [0.3, 0.4) is 0 Å². The molecule has 0 radical (unpaired) electrons. The van der Waals surface area contributed by atoms with Crippen molar-refractivity contribution in [1.82, 2.24) is 0 Å². The number of carbonyl (C=O) groups excluding carboxylic acids is 1. The van der Waals surface area contributed by atoms with Gasteiger partial charge in [0.25, 0.3) is 0 Å². The Morgan fingerprint density at radius 3 is 2.56 bits per heavy atom. The zero-order valence-electron chi connectivity index (χ0n) is 5.76. The SMILES string of the molecule is C=CC(CC)CC(N)=O. The van der Waals surface area contributed by atoms with Crippen molar-refractivity contribution in [1.29, 1.82) is 0 Å². The van der Waals surface area contributed by atoms with E-state index in [0.29, 0.717) is 6.42 Å². The highest BCUT2D eigenvalue weighted by molar-refractivity contribution is 5.74. The highest BCUT2D eigenvalue weighted by Crippen LogP contribution is 2.06. The van der Waals surface area contributed by atoms with Gasteiger partial charge in [-0.1, -0.05) is 13.0 Å². The fourth-order valence-electron chi connectivity index (χ4n) is 0.653. The molecule has 0 rings (SSSR count). The van der Waals surface area contributed by atoms with Crippen molar-refractivity contribution in [2.75, 3.05) is 0 Å². The summed E-state index contributed by atoms with van der Waals surface area (Å²) in [4.78, 5) is 10.3. The lowest BCUT2D eigenvalue weighted by Crippen LogP contribution is -2.14.